The van der Waals surface area contributed by atoms with E-state index < -0.39 is 0 Å². The van der Waals surface area contributed by atoms with Gasteiger partial charge in [0, 0.05) is 7.05 Å². The van der Waals surface area contributed by atoms with Gasteiger partial charge in [0.25, 0.3) is 5.56 Å². The van der Waals surface area contributed by atoms with Crippen molar-refractivity contribution in [3.63, 3.8) is 0 Å². The van der Waals surface area contributed by atoms with Gasteiger partial charge in [-0.05, 0) is 23.3 Å². The number of aromatic nitrogens is 4. The van der Waals surface area contributed by atoms with Gasteiger partial charge in [0.2, 0.25) is 5.95 Å². The van der Waals surface area contributed by atoms with Crippen molar-refractivity contribution in [2.45, 2.75) is 6.04 Å². The molecule has 2 heterocycles. The smallest absolute Gasteiger partial charge is 0.263 e. The molecule has 0 aliphatic carbocycles. The molecule has 130 valence electrons. The molecule has 0 saturated heterocycles. The first kappa shape index (κ1) is 16.0. The molecular weight excluding hydrogens is 333 g/mol. The average molecular weight is 349 g/mol. The van der Waals surface area contributed by atoms with Crippen LogP contribution in [0.15, 0.2) is 65.6 Å². The fraction of sp³-hybridized carbons (Fsp3) is 0.105. The number of rotatable bonds is 4. The van der Waals surface area contributed by atoms with Crippen LogP contribution in [0.5, 0.6) is 0 Å². The Balaban J connectivity index is 1.79. The molecule has 0 spiro atoms. The Morgan fingerprint density at radius 1 is 1.08 bits per heavy atom. The van der Waals surface area contributed by atoms with Gasteiger partial charge in [0.05, 0.1) is 12.2 Å². The van der Waals surface area contributed by atoms with Crippen molar-refractivity contribution in [1.29, 1.82) is 0 Å². The zero-order chi connectivity index (χ0) is 18.1. The monoisotopic (exact) mass is 349 g/mol. The van der Waals surface area contributed by atoms with Gasteiger partial charge in [-0.3, -0.25) is 14.5 Å². The van der Waals surface area contributed by atoms with E-state index in [0.29, 0.717) is 17.0 Å². The lowest BCUT2D eigenvalue weighted by Crippen LogP contribution is -2.18. The topological polar surface area (TPSA) is 75.6 Å². The molecule has 7 heteroatoms. The van der Waals surface area contributed by atoms with E-state index in [4.69, 9.17) is 0 Å². The van der Waals surface area contributed by atoms with Crippen molar-refractivity contribution in [2.24, 2.45) is 7.05 Å². The van der Waals surface area contributed by atoms with E-state index in [1.807, 2.05) is 30.3 Å². The molecule has 6 nitrogen and oxygen atoms in total. The van der Waals surface area contributed by atoms with Crippen LogP contribution >= 0.6 is 0 Å². The summed E-state index contributed by atoms with van der Waals surface area (Å²) in [6, 6.07) is 15.6. The van der Waals surface area contributed by atoms with Gasteiger partial charge in [-0.1, -0.05) is 42.5 Å². The summed E-state index contributed by atoms with van der Waals surface area (Å²) in [5.41, 5.74) is 2.04. The second-order valence-electron chi connectivity index (χ2n) is 5.96. The van der Waals surface area contributed by atoms with Crippen LogP contribution < -0.4 is 10.9 Å². The summed E-state index contributed by atoms with van der Waals surface area (Å²) in [6.45, 7) is 0. The number of fused-ring (bicyclic) bond motifs is 1. The summed E-state index contributed by atoms with van der Waals surface area (Å²) < 4.78 is 14.9. The maximum absolute atomic E-state index is 13.3. The average Bonchev–Trinajstić information content (AvgIpc) is 3.03. The van der Waals surface area contributed by atoms with Crippen LogP contribution in [0.4, 0.5) is 10.3 Å². The summed E-state index contributed by atoms with van der Waals surface area (Å²) in [4.78, 5) is 19.5. The first-order chi connectivity index (χ1) is 12.6. The van der Waals surface area contributed by atoms with Crippen LogP contribution in [-0.2, 0) is 7.05 Å². The fourth-order valence-corrected chi connectivity index (χ4v) is 2.90. The van der Waals surface area contributed by atoms with Crippen LogP contribution in [0.25, 0.3) is 11.0 Å². The van der Waals surface area contributed by atoms with Crippen LogP contribution in [0.2, 0.25) is 0 Å². The first-order valence-electron chi connectivity index (χ1n) is 8.11. The van der Waals surface area contributed by atoms with Crippen molar-refractivity contribution < 1.29 is 4.39 Å². The Kier molecular flexibility index (Phi) is 3.96. The Morgan fingerprint density at radius 3 is 2.50 bits per heavy atom. The third-order valence-electron chi connectivity index (χ3n) is 4.22. The van der Waals surface area contributed by atoms with E-state index in [0.717, 1.165) is 11.1 Å². The number of benzene rings is 2. The summed E-state index contributed by atoms with van der Waals surface area (Å²) in [7, 11) is 1.73. The Bertz CT molecular complexity index is 1100. The predicted octanol–water partition coefficient (Wildman–Crippen LogP) is 3.00. The summed E-state index contributed by atoms with van der Waals surface area (Å²) in [6.07, 6.45) is 1.49. The van der Waals surface area contributed by atoms with Crippen LogP contribution in [0.1, 0.15) is 17.2 Å². The zero-order valence-corrected chi connectivity index (χ0v) is 14.0. The second kappa shape index (κ2) is 6.44. The summed E-state index contributed by atoms with van der Waals surface area (Å²) in [5.74, 6) is 0.0210. The van der Waals surface area contributed by atoms with Crippen LogP contribution in [0, 0.1) is 5.82 Å². The first-order valence-corrected chi connectivity index (χ1v) is 8.11. The van der Waals surface area contributed by atoms with E-state index in [9.17, 15) is 9.18 Å². The largest absolute Gasteiger partial charge is 0.345 e. The number of H-pyrrole nitrogens is 1. The Morgan fingerprint density at radius 2 is 1.77 bits per heavy atom. The zero-order valence-electron chi connectivity index (χ0n) is 14.0. The number of nitrogens with zero attached hydrogens (tertiary/aromatic N) is 3. The lowest BCUT2D eigenvalue weighted by Gasteiger charge is -2.20. The fourth-order valence-electron chi connectivity index (χ4n) is 2.90. The van der Waals surface area contributed by atoms with E-state index in [-0.39, 0.29) is 17.4 Å². The number of aryl methyl sites for hydroxylation is 1. The normalized spacial score (nSPS) is 12.2. The highest BCUT2D eigenvalue weighted by Gasteiger charge is 2.16. The van der Waals surface area contributed by atoms with Gasteiger partial charge < -0.3 is 5.32 Å². The van der Waals surface area contributed by atoms with E-state index in [1.54, 1.807) is 23.9 Å². The third-order valence-corrected chi connectivity index (χ3v) is 4.22. The number of anilines is 1. The highest BCUT2D eigenvalue weighted by molar-refractivity contribution is 5.74. The molecular formula is C19H16FN5O. The third kappa shape index (κ3) is 2.95. The quantitative estimate of drug-likeness (QED) is 0.594. The standard InChI is InChI=1S/C19H16FN5O/c1-25-17-15(11-21-25)18(26)24-19(23-17)22-16(12-5-3-2-4-6-12)13-7-9-14(20)10-8-13/h2-11,16H,1H3,(H2,22,23,24,26)/t16-/m1/s1. The molecule has 4 aromatic rings. The highest BCUT2D eigenvalue weighted by Crippen LogP contribution is 2.25. The molecule has 0 radical (unpaired) electrons. The van der Waals surface area contributed by atoms with E-state index >= 15 is 0 Å². The number of halogens is 1. The summed E-state index contributed by atoms with van der Waals surface area (Å²) >= 11 is 0. The minimum Gasteiger partial charge on any atom is -0.345 e. The van der Waals surface area contributed by atoms with Gasteiger partial charge in [-0.2, -0.15) is 10.1 Å². The van der Waals surface area contributed by atoms with Crippen molar-refractivity contribution in [3.05, 3.63) is 88.1 Å². The van der Waals surface area contributed by atoms with Crippen molar-refractivity contribution in [2.75, 3.05) is 5.32 Å². The molecule has 2 aromatic heterocycles. The summed E-state index contributed by atoms with van der Waals surface area (Å²) in [5, 5.41) is 7.75. The molecule has 2 aromatic carbocycles. The van der Waals surface area contributed by atoms with Gasteiger partial charge in [0.1, 0.15) is 11.2 Å². The molecule has 0 bridgehead atoms. The van der Waals surface area contributed by atoms with E-state index in [2.05, 4.69) is 20.4 Å². The van der Waals surface area contributed by atoms with Gasteiger partial charge in [0.15, 0.2) is 5.65 Å². The van der Waals surface area contributed by atoms with E-state index in [1.165, 1.54) is 18.3 Å². The van der Waals surface area contributed by atoms with Gasteiger partial charge in [-0.25, -0.2) is 4.39 Å². The maximum Gasteiger partial charge on any atom is 0.263 e. The van der Waals surface area contributed by atoms with Gasteiger partial charge >= 0.3 is 0 Å². The molecule has 0 unspecified atom stereocenters. The molecule has 1 atom stereocenters. The van der Waals surface area contributed by atoms with Crippen LogP contribution in [0.3, 0.4) is 0 Å². The minimum atomic E-state index is -0.302. The van der Waals surface area contributed by atoms with Crippen LogP contribution in [-0.4, -0.2) is 19.7 Å². The maximum atomic E-state index is 13.3. The molecule has 2 N–H and O–H groups in total. The highest BCUT2D eigenvalue weighted by atomic mass is 19.1. The molecule has 0 aliphatic heterocycles. The number of hydrogen-bond donors (Lipinski definition) is 2. The second-order valence-corrected chi connectivity index (χ2v) is 5.96. The number of nitrogens with one attached hydrogen (secondary N) is 2. The minimum absolute atomic E-state index is 0.267. The number of hydrogen-bond acceptors (Lipinski definition) is 4. The molecule has 0 aliphatic rings. The Labute approximate surface area is 148 Å². The lowest BCUT2D eigenvalue weighted by atomic mass is 9.99. The molecule has 0 amide bonds. The predicted molar refractivity (Wildman–Crippen MR) is 97.4 cm³/mol. The Hall–Kier alpha value is -3.48. The van der Waals surface area contributed by atoms with Crippen molar-refractivity contribution in [1.82, 2.24) is 19.7 Å². The number of aromatic amines is 1. The van der Waals surface area contributed by atoms with Crippen molar-refractivity contribution >= 4 is 17.0 Å². The van der Waals surface area contributed by atoms with Crippen molar-refractivity contribution in [3.8, 4) is 0 Å². The molecule has 0 fully saturated rings. The van der Waals surface area contributed by atoms with Gasteiger partial charge in [-0.15, -0.1) is 0 Å². The lowest BCUT2D eigenvalue weighted by molar-refractivity contribution is 0.626. The molecule has 4 rings (SSSR count). The molecule has 26 heavy (non-hydrogen) atoms. The molecule has 0 saturated carbocycles. The SMILES string of the molecule is Cn1ncc2c(=O)[nH]c(N[C@H](c3ccccc3)c3ccc(F)cc3)nc21.